The number of hydrogen-bond donors (Lipinski definition) is 2. The molecule has 0 aliphatic heterocycles. The van der Waals surface area contributed by atoms with Crippen LogP contribution < -0.4 is 5.32 Å². The van der Waals surface area contributed by atoms with Crippen LogP contribution in [0.4, 0.5) is 13.2 Å². The number of rotatable bonds is 4. The van der Waals surface area contributed by atoms with E-state index in [9.17, 15) is 13.2 Å². The van der Waals surface area contributed by atoms with Crippen molar-refractivity contribution in [3.8, 4) is 5.75 Å². The summed E-state index contributed by atoms with van der Waals surface area (Å²) in [7, 11) is 0. The molecule has 0 spiro atoms. The molecule has 20 heavy (non-hydrogen) atoms. The molecule has 2 nitrogen and oxygen atoms in total. The standard InChI is InChI=1S/C15H14F3NO/c1-9(13-5-4-12(20)7-15(13)18)19-8-10-2-3-11(16)6-14(10)17/h2-7,9,19-20H,8H2,1H3. The first-order valence-corrected chi connectivity index (χ1v) is 6.13. The van der Waals surface area contributed by atoms with E-state index in [4.69, 9.17) is 5.11 Å². The minimum Gasteiger partial charge on any atom is -0.508 e. The van der Waals surface area contributed by atoms with Crippen molar-refractivity contribution < 1.29 is 18.3 Å². The molecule has 0 aliphatic rings. The van der Waals surface area contributed by atoms with Gasteiger partial charge in [-0.3, -0.25) is 0 Å². The topological polar surface area (TPSA) is 32.3 Å². The van der Waals surface area contributed by atoms with Crippen molar-refractivity contribution in [2.24, 2.45) is 0 Å². The van der Waals surface area contributed by atoms with Crippen molar-refractivity contribution >= 4 is 0 Å². The van der Waals surface area contributed by atoms with Crippen molar-refractivity contribution in [1.82, 2.24) is 5.32 Å². The summed E-state index contributed by atoms with van der Waals surface area (Å²) < 4.78 is 39.9. The molecule has 0 fully saturated rings. The van der Waals surface area contributed by atoms with Crippen molar-refractivity contribution in [1.29, 1.82) is 0 Å². The SMILES string of the molecule is CC(NCc1ccc(F)cc1F)c1ccc(O)cc1F. The Hall–Kier alpha value is -2.01. The first-order chi connectivity index (χ1) is 9.47. The monoisotopic (exact) mass is 281 g/mol. The van der Waals surface area contributed by atoms with Crippen molar-refractivity contribution in [3.63, 3.8) is 0 Å². The van der Waals surface area contributed by atoms with Gasteiger partial charge in [0.25, 0.3) is 0 Å². The van der Waals surface area contributed by atoms with Crippen molar-refractivity contribution in [2.75, 3.05) is 0 Å². The average molecular weight is 281 g/mol. The normalized spacial score (nSPS) is 12.4. The highest BCUT2D eigenvalue weighted by molar-refractivity contribution is 5.29. The first-order valence-electron chi connectivity index (χ1n) is 6.13. The molecule has 0 amide bonds. The Morgan fingerprint density at radius 2 is 1.80 bits per heavy atom. The van der Waals surface area contributed by atoms with Crippen LogP contribution in [0.3, 0.4) is 0 Å². The number of phenols is 1. The molecule has 0 radical (unpaired) electrons. The lowest BCUT2D eigenvalue weighted by Crippen LogP contribution is -2.19. The maximum Gasteiger partial charge on any atom is 0.131 e. The molecule has 0 aromatic heterocycles. The highest BCUT2D eigenvalue weighted by atomic mass is 19.1. The van der Waals surface area contributed by atoms with Gasteiger partial charge in [0.1, 0.15) is 23.2 Å². The number of benzene rings is 2. The van der Waals surface area contributed by atoms with E-state index in [1.165, 1.54) is 24.3 Å². The molecule has 1 unspecified atom stereocenters. The fourth-order valence-electron chi connectivity index (χ4n) is 1.91. The molecule has 1 atom stereocenters. The molecule has 2 aromatic rings. The summed E-state index contributed by atoms with van der Waals surface area (Å²) in [5.41, 5.74) is 0.669. The van der Waals surface area contributed by atoms with E-state index in [0.717, 1.165) is 12.1 Å². The smallest absolute Gasteiger partial charge is 0.131 e. The Kier molecular flexibility index (Phi) is 4.29. The van der Waals surface area contributed by atoms with E-state index in [-0.39, 0.29) is 18.3 Å². The van der Waals surface area contributed by atoms with Crippen LogP contribution in [0.5, 0.6) is 5.75 Å². The molecule has 2 rings (SSSR count). The summed E-state index contributed by atoms with van der Waals surface area (Å²) in [6, 6.07) is 6.82. The molecule has 5 heteroatoms. The molecule has 0 saturated carbocycles. The molecular formula is C15H14F3NO. The second kappa shape index (κ2) is 5.96. The highest BCUT2D eigenvalue weighted by Crippen LogP contribution is 2.21. The van der Waals surface area contributed by atoms with Gasteiger partial charge in [-0.2, -0.15) is 0 Å². The third-order valence-electron chi connectivity index (χ3n) is 3.06. The van der Waals surface area contributed by atoms with E-state index in [1.54, 1.807) is 6.92 Å². The van der Waals surface area contributed by atoms with Gasteiger partial charge in [-0.15, -0.1) is 0 Å². The Labute approximate surface area is 114 Å². The number of phenolic OH excluding ortho intramolecular Hbond substituents is 1. The van der Waals surface area contributed by atoms with Crippen molar-refractivity contribution in [2.45, 2.75) is 19.5 Å². The minimum absolute atomic E-state index is 0.146. The molecule has 0 bridgehead atoms. The van der Waals surface area contributed by atoms with Gasteiger partial charge in [0.2, 0.25) is 0 Å². The van der Waals surface area contributed by atoms with Crippen LogP contribution in [0.25, 0.3) is 0 Å². The second-order valence-corrected chi connectivity index (χ2v) is 4.54. The van der Waals surface area contributed by atoms with Gasteiger partial charge in [-0.25, -0.2) is 13.2 Å². The van der Waals surface area contributed by atoms with E-state index >= 15 is 0 Å². The average Bonchev–Trinajstić information content (AvgIpc) is 2.37. The minimum atomic E-state index is -0.643. The van der Waals surface area contributed by atoms with Crippen molar-refractivity contribution in [3.05, 3.63) is 65.0 Å². The first kappa shape index (κ1) is 14.4. The third kappa shape index (κ3) is 3.30. The quantitative estimate of drug-likeness (QED) is 0.896. The lowest BCUT2D eigenvalue weighted by Gasteiger charge is -2.15. The zero-order valence-corrected chi connectivity index (χ0v) is 10.8. The summed E-state index contributed by atoms with van der Waals surface area (Å²) in [4.78, 5) is 0. The van der Waals surface area contributed by atoms with Crippen LogP contribution in [0.1, 0.15) is 24.1 Å². The van der Waals surface area contributed by atoms with Crippen LogP contribution in [0, 0.1) is 17.5 Å². The van der Waals surface area contributed by atoms with Gasteiger partial charge in [0.15, 0.2) is 0 Å². The van der Waals surface area contributed by atoms with E-state index in [1.807, 2.05) is 0 Å². The fourth-order valence-corrected chi connectivity index (χ4v) is 1.91. The molecular weight excluding hydrogens is 267 g/mol. The molecule has 0 aliphatic carbocycles. The lowest BCUT2D eigenvalue weighted by atomic mass is 10.1. The van der Waals surface area contributed by atoms with E-state index < -0.39 is 17.5 Å². The predicted octanol–water partition coefficient (Wildman–Crippen LogP) is 3.66. The zero-order valence-electron chi connectivity index (χ0n) is 10.8. The largest absolute Gasteiger partial charge is 0.508 e. The van der Waals surface area contributed by atoms with E-state index in [2.05, 4.69) is 5.32 Å². The molecule has 2 aromatic carbocycles. The number of hydrogen-bond acceptors (Lipinski definition) is 2. The molecule has 106 valence electrons. The van der Waals surface area contributed by atoms with Gasteiger partial charge in [-0.1, -0.05) is 12.1 Å². The van der Waals surface area contributed by atoms with Crippen LogP contribution >= 0.6 is 0 Å². The Balaban J connectivity index is 2.06. The van der Waals surface area contributed by atoms with Gasteiger partial charge in [0, 0.05) is 35.8 Å². The van der Waals surface area contributed by atoms with Crippen LogP contribution in [0.15, 0.2) is 36.4 Å². The fraction of sp³-hybridized carbons (Fsp3) is 0.200. The Bertz CT molecular complexity index is 616. The maximum absolute atomic E-state index is 13.6. The summed E-state index contributed by atoms with van der Waals surface area (Å²) >= 11 is 0. The summed E-state index contributed by atoms with van der Waals surface area (Å²) in [6.45, 7) is 1.87. The summed E-state index contributed by atoms with van der Waals surface area (Å²) in [5.74, 6) is -1.97. The Morgan fingerprint density at radius 3 is 2.45 bits per heavy atom. The maximum atomic E-state index is 13.6. The van der Waals surface area contributed by atoms with Crippen LogP contribution in [-0.4, -0.2) is 5.11 Å². The lowest BCUT2D eigenvalue weighted by molar-refractivity contribution is 0.463. The van der Waals surface area contributed by atoms with Gasteiger partial charge in [0.05, 0.1) is 0 Å². The highest BCUT2D eigenvalue weighted by Gasteiger charge is 2.12. The van der Waals surface area contributed by atoms with Gasteiger partial charge in [-0.05, 0) is 19.1 Å². The van der Waals surface area contributed by atoms with Crippen LogP contribution in [0.2, 0.25) is 0 Å². The summed E-state index contributed by atoms with van der Waals surface area (Å²) in [5, 5.41) is 12.1. The number of aromatic hydroxyl groups is 1. The number of halogens is 3. The molecule has 0 saturated heterocycles. The van der Waals surface area contributed by atoms with Crippen LogP contribution in [-0.2, 0) is 6.54 Å². The zero-order chi connectivity index (χ0) is 14.7. The van der Waals surface area contributed by atoms with E-state index in [0.29, 0.717) is 11.1 Å². The number of nitrogens with one attached hydrogen (secondary N) is 1. The van der Waals surface area contributed by atoms with Gasteiger partial charge < -0.3 is 10.4 Å². The second-order valence-electron chi connectivity index (χ2n) is 4.54. The Morgan fingerprint density at radius 1 is 1.05 bits per heavy atom. The third-order valence-corrected chi connectivity index (χ3v) is 3.06. The summed E-state index contributed by atoms with van der Waals surface area (Å²) in [6.07, 6.45) is 0. The molecule has 0 heterocycles. The van der Waals surface area contributed by atoms with Gasteiger partial charge >= 0.3 is 0 Å². The predicted molar refractivity (Wildman–Crippen MR) is 69.7 cm³/mol. The molecule has 2 N–H and O–H groups in total.